The van der Waals surface area contributed by atoms with Crippen molar-refractivity contribution in [2.24, 2.45) is 0 Å². The summed E-state index contributed by atoms with van der Waals surface area (Å²) in [5.74, 6) is 0.934. The molecule has 0 aliphatic rings. The van der Waals surface area contributed by atoms with E-state index in [1.165, 1.54) is 5.56 Å². The monoisotopic (exact) mass is 330 g/mol. The van der Waals surface area contributed by atoms with Crippen LogP contribution in [-0.2, 0) is 6.42 Å². The first-order chi connectivity index (χ1) is 12.2. The molecule has 0 aliphatic heterocycles. The number of nitrogens with one attached hydrogen (secondary N) is 1. The van der Waals surface area contributed by atoms with Crippen LogP contribution in [0.4, 0.5) is 5.82 Å². The van der Waals surface area contributed by atoms with Gasteiger partial charge in [0.05, 0.1) is 11.2 Å². The second-order valence-electron chi connectivity index (χ2n) is 6.60. The van der Waals surface area contributed by atoms with Gasteiger partial charge in [0, 0.05) is 17.5 Å². The Morgan fingerprint density at radius 2 is 1.80 bits per heavy atom. The van der Waals surface area contributed by atoms with Crippen molar-refractivity contribution in [3.05, 3.63) is 71.9 Å². The second-order valence-corrected chi connectivity index (χ2v) is 6.60. The first kappa shape index (κ1) is 15.6. The Morgan fingerprint density at radius 1 is 1.04 bits per heavy atom. The summed E-state index contributed by atoms with van der Waals surface area (Å²) < 4.78 is 1.92. The largest absolute Gasteiger partial charge is 0.367 e. The maximum atomic E-state index is 4.81. The quantitative estimate of drug-likeness (QED) is 0.580. The third-order valence-electron chi connectivity index (χ3n) is 4.52. The molecular formula is C21H22N4. The summed E-state index contributed by atoms with van der Waals surface area (Å²) in [5.41, 5.74) is 4.31. The highest BCUT2D eigenvalue weighted by Crippen LogP contribution is 2.24. The van der Waals surface area contributed by atoms with E-state index in [2.05, 4.69) is 59.8 Å². The molecule has 0 aliphatic carbocycles. The molecule has 0 saturated heterocycles. The SMILES string of the molecule is Cc1cc2nc(N[C@H](C)CCc3ccccc3)c3ccccc3n2n1. The molecule has 0 saturated carbocycles. The van der Waals surface area contributed by atoms with Gasteiger partial charge in [-0.1, -0.05) is 42.5 Å². The van der Waals surface area contributed by atoms with E-state index in [1.807, 2.05) is 29.6 Å². The molecule has 2 heterocycles. The third kappa shape index (κ3) is 3.20. The maximum absolute atomic E-state index is 4.81. The summed E-state index contributed by atoms with van der Waals surface area (Å²) >= 11 is 0. The molecule has 0 fully saturated rings. The molecule has 0 spiro atoms. The number of para-hydroxylation sites is 1. The van der Waals surface area contributed by atoms with Crippen LogP contribution in [0.3, 0.4) is 0 Å². The summed E-state index contributed by atoms with van der Waals surface area (Å²) in [6, 6.07) is 21.3. The van der Waals surface area contributed by atoms with Crippen molar-refractivity contribution in [3.8, 4) is 0 Å². The number of aromatic nitrogens is 3. The lowest BCUT2D eigenvalue weighted by Crippen LogP contribution is -2.17. The van der Waals surface area contributed by atoms with E-state index < -0.39 is 0 Å². The average Bonchev–Trinajstić information content (AvgIpc) is 3.01. The van der Waals surface area contributed by atoms with Gasteiger partial charge in [0.15, 0.2) is 5.65 Å². The summed E-state index contributed by atoms with van der Waals surface area (Å²) in [6.45, 7) is 4.21. The molecule has 25 heavy (non-hydrogen) atoms. The van der Waals surface area contributed by atoms with Crippen LogP contribution in [0.5, 0.6) is 0 Å². The zero-order chi connectivity index (χ0) is 17.2. The first-order valence-corrected chi connectivity index (χ1v) is 8.76. The number of hydrogen-bond acceptors (Lipinski definition) is 3. The fraction of sp³-hybridized carbons (Fsp3) is 0.238. The number of fused-ring (bicyclic) bond motifs is 3. The first-order valence-electron chi connectivity index (χ1n) is 8.76. The number of hydrogen-bond donors (Lipinski definition) is 1. The smallest absolute Gasteiger partial charge is 0.158 e. The normalized spacial score (nSPS) is 12.6. The second kappa shape index (κ2) is 6.55. The molecule has 4 aromatic rings. The van der Waals surface area contributed by atoms with Gasteiger partial charge in [-0.15, -0.1) is 0 Å². The number of benzene rings is 2. The van der Waals surface area contributed by atoms with Crippen molar-refractivity contribution in [1.82, 2.24) is 14.6 Å². The Labute approximate surface area is 147 Å². The van der Waals surface area contributed by atoms with Crippen molar-refractivity contribution in [1.29, 1.82) is 0 Å². The van der Waals surface area contributed by atoms with E-state index in [0.717, 1.165) is 40.9 Å². The molecule has 1 N–H and O–H groups in total. The van der Waals surface area contributed by atoms with Crippen LogP contribution in [0.1, 0.15) is 24.6 Å². The molecule has 2 aromatic carbocycles. The average molecular weight is 330 g/mol. The Morgan fingerprint density at radius 3 is 2.64 bits per heavy atom. The maximum Gasteiger partial charge on any atom is 0.158 e. The van der Waals surface area contributed by atoms with Crippen molar-refractivity contribution in [2.45, 2.75) is 32.7 Å². The minimum absolute atomic E-state index is 0.336. The lowest BCUT2D eigenvalue weighted by molar-refractivity contribution is 0.704. The molecule has 0 unspecified atom stereocenters. The highest BCUT2D eigenvalue weighted by atomic mass is 15.3. The predicted molar refractivity (Wildman–Crippen MR) is 103 cm³/mol. The Balaban J connectivity index is 1.61. The predicted octanol–water partition coefficient (Wildman–Crippen LogP) is 4.62. The standard InChI is InChI=1S/C21H22N4/c1-15(12-13-17-8-4-3-5-9-17)22-21-18-10-6-7-11-19(18)25-20(23-21)14-16(2)24-25/h3-11,14-15H,12-13H2,1-2H3,(H,22,23)/t15-/m1/s1. The highest BCUT2D eigenvalue weighted by Gasteiger charge is 2.12. The number of aryl methyl sites for hydroxylation is 2. The summed E-state index contributed by atoms with van der Waals surface area (Å²) in [5, 5.41) is 9.27. The molecule has 0 radical (unpaired) electrons. The van der Waals surface area contributed by atoms with Gasteiger partial charge in [-0.05, 0) is 44.4 Å². The molecule has 126 valence electrons. The van der Waals surface area contributed by atoms with E-state index in [0.29, 0.717) is 6.04 Å². The van der Waals surface area contributed by atoms with Gasteiger partial charge in [0.1, 0.15) is 5.82 Å². The zero-order valence-electron chi connectivity index (χ0n) is 14.6. The highest BCUT2D eigenvalue weighted by molar-refractivity contribution is 5.91. The fourth-order valence-electron chi connectivity index (χ4n) is 3.22. The summed E-state index contributed by atoms with van der Waals surface area (Å²) in [7, 11) is 0. The Hall–Kier alpha value is -2.88. The van der Waals surface area contributed by atoms with E-state index >= 15 is 0 Å². The minimum atomic E-state index is 0.336. The van der Waals surface area contributed by atoms with Gasteiger partial charge in [0.25, 0.3) is 0 Å². The van der Waals surface area contributed by atoms with E-state index in [4.69, 9.17) is 4.98 Å². The van der Waals surface area contributed by atoms with Crippen LogP contribution in [0.15, 0.2) is 60.7 Å². The Kier molecular flexibility index (Phi) is 4.10. The van der Waals surface area contributed by atoms with Crippen molar-refractivity contribution in [3.63, 3.8) is 0 Å². The van der Waals surface area contributed by atoms with Gasteiger partial charge in [-0.2, -0.15) is 5.10 Å². The van der Waals surface area contributed by atoms with E-state index in [1.54, 1.807) is 0 Å². The number of nitrogens with zero attached hydrogens (tertiary/aromatic N) is 3. The van der Waals surface area contributed by atoms with Gasteiger partial charge < -0.3 is 5.32 Å². The van der Waals surface area contributed by atoms with Gasteiger partial charge in [-0.25, -0.2) is 9.50 Å². The number of rotatable bonds is 5. The topological polar surface area (TPSA) is 42.2 Å². The van der Waals surface area contributed by atoms with Crippen molar-refractivity contribution in [2.75, 3.05) is 5.32 Å². The molecule has 1 atom stereocenters. The third-order valence-corrected chi connectivity index (χ3v) is 4.52. The van der Waals surface area contributed by atoms with Crippen LogP contribution >= 0.6 is 0 Å². The van der Waals surface area contributed by atoms with Gasteiger partial charge in [0.2, 0.25) is 0 Å². The molecule has 4 nitrogen and oxygen atoms in total. The lowest BCUT2D eigenvalue weighted by atomic mass is 10.1. The van der Waals surface area contributed by atoms with Crippen LogP contribution in [0.2, 0.25) is 0 Å². The minimum Gasteiger partial charge on any atom is -0.367 e. The lowest BCUT2D eigenvalue weighted by Gasteiger charge is -2.16. The van der Waals surface area contributed by atoms with Crippen LogP contribution in [-0.4, -0.2) is 20.6 Å². The molecule has 0 amide bonds. The van der Waals surface area contributed by atoms with E-state index in [-0.39, 0.29) is 0 Å². The summed E-state index contributed by atoms with van der Waals surface area (Å²) in [4.78, 5) is 4.81. The molecule has 2 aromatic heterocycles. The van der Waals surface area contributed by atoms with Gasteiger partial charge in [-0.3, -0.25) is 0 Å². The molecule has 4 rings (SSSR count). The van der Waals surface area contributed by atoms with E-state index in [9.17, 15) is 0 Å². The van der Waals surface area contributed by atoms with Crippen LogP contribution < -0.4 is 5.32 Å². The fourth-order valence-corrected chi connectivity index (χ4v) is 3.22. The van der Waals surface area contributed by atoms with Crippen molar-refractivity contribution < 1.29 is 0 Å². The Bertz CT molecular complexity index is 1000. The van der Waals surface area contributed by atoms with Gasteiger partial charge >= 0.3 is 0 Å². The summed E-state index contributed by atoms with van der Waals surface area (Å²) in [6.07, 6.45) is 2.12. The van der Waals surface area contributed by atoms with Crippen LogP contribution in [0, 0.1) is 6.92 Å². The molecule has 0 bridgehead atoms. The zero-order valence-corrected chi connectivity index (χ0v) is 14.6. The van der Waals surface area contributed by atoms with Crippen molar-refractivity contribution >= 4 is 22.4 Å². The molecular weight excluding hydrogens is 308 g/mol. The van der Waals surface area contributed by atoms with Crippen LogP contribution in [0.25, 0.3) is 16.6 Å². The molecule has 4 heteroatoms. The number of anilines is 1.